The Bertz CT molecular complexity index is 989. The summed E-state index contributed by atoms with van der Waals surface area (Å²) < 4.78 is 44.1. The first-order valence-electron chi connectivity index (χ1n) is 10.6. The van der Waals surface area contributed by atoms with E-state index in [1.165, 1.54) is 17.0 Å². The molecule has 0 spiro atoms. The summed E-state index contributed by atoms with van der Waals surface area (Å²) in [6.45, 7) is 5.54. The van der Waals surface area contributed by atoms with Crippen molar-refractivity contribution < 1.29 is 32.6 Å². The van der Waals surface area contributed by atoms with Crippen molar-refractivity contribution in [1.82, 2.24) is 14.5 Å². The molecule has 0 N–H and O–H groups in total. The predicted molar refractivity (Wildman–Crippen MR) is 111 cm³/mol. The second kappa shape index (κ2) is 8.65. The predicted octanol–water partition coefficient (Wildman–Crippen LogP) is 3.63. The second-order valence-corrected chi connectivity index (χ2v) is 9.19. The molecule has 2 aliphatic heterocycles. The van der Waals surface area contributed by atoms with Gasteiger partial charge in [0.2, 0.25) is 0 Å². The van der Waals surface area contributed by atoms with E-state index in [1.54, 1.807) is 17.0 Å². The smallest absolute Gasteiger partial charge is 0.410 e. The third kappa shape index (κ3) is 4.69. The molecule has 2 aliphatic rings. The molecule has 0 aliphatic carbocycles. The molecular formula is C22H27F2N3O5. The highest BCUT2D eigenvalue weighted by Gasteiger charge is 2.44. The zero-order valence-corrected chi connectivity index (χ0v) is 18.3. The Labute approximate surface area is 184 Å². The molecule has 32 heavy (non-hydrogen) atoms. The number of carbonyl (C=O) groups is 2. The van der Waals surface area contributed by atoms with Gasteiger partial charge in [-0.05, 0) is 32.9 Å². The van der Waals surface area contributed by atoms with E-state index < -0.39 is 36.7 Å². The van der Waals surface area contributed by atoms with Crippen LogP contribution in [0.5, 0.6) is 0 Å². The summed E-state index contributed by atoms with van der Waals surface area (Å²) in [4.78, 5) is 31.5. The molecule has 174 valence electrons. The minimum atomic E-state index is -2.58. The molecule has 10 heteroatoms. The lowest BCUT2D eigenvalue weighted by atomic mass is 9.92. The van der Waals surface area contributed by atoms with E-state index in [0.29, 0.717) is 37.1 Å². The fourth-order valence-electron chi connectivity index (χ4n) is 4.36. The first-order chi connectivity index (χ1) is 15.1. The summed E-state index contributed by atoms with van der Waals surface area (Å²) in [5, 5.41) is 0.466. The fourth-order valence-corrected chi connectivity index (χ4v) is 4.36. The van der Waals surface area contributed by atoms with E-state index in [1.807, 2.05) is 20.8 Å². The summed E-state index contributed by atoms with van der Waals surface area (Å²) >= 11 is 0. The van der Waals surface area contributed by atoms with Crippen molar-refractivity contribution in [2.24, 2.45) is 0 Å². The fraction of sp³-hybridized carbons (Fsp3) is 0.591. The van der Waals surface area contributed by atoms with Crippen LogP contribution >= 0.6 is 0 Å². The number of carbonyl (C=O) groups excluding carboxylic acids is 2. The SMILES string of the molecule is CC(C)(C)OC(=O)N1[C@@H]2COC[C@H]1CC(OC(=O)c1cn(CC(F)F)c3ncccc13)C2. The van der Waals surface area contributed by atoms with Crippen LogP contribution in [0, 0.1) is 0 Å². The highest BCUT2D eigenvalue weighted by Crippen LogP contribution is 2.32. The van der Waals surface area contributed by atoms with Gasteiger partial charge in [-0.3, -0.25) is 4.90 Å². The Hall–Kier alpha value is -2.75. The molecule has 2 saturated heterocycles. The third-order valence-electron chi connectivity index (χ3n) is 5.54. The van der Waals surface area contributed by atoms with Gasteiger partial charge >= 0.3 is 12.1 Å². The number of fused-ring (bicyclic) bond motifs is 3. The van der Waals surface area contributed by atoms with Crippen LogP contribution in [-0.4, -0.2) is 69.9 Å². The number of halogens is 2. The maximum Gasteiger partial charge on any atom is 0.410 e. The second-order valence-electron chi connectivity index (χ2n) is 9.19. The number of hydrogen-bond donors (Lipinski definition) is 0. The van der Waals surface area contributed by atoms with Gasteiger partial charge in [-0.25, -0.2) is 23.4 Å². The number of amides is 1. The normalized spacial score (nSPS) is 23.4. The van der Waals surface area contributed by atoms with Gasteiger partial charge in [0.1, 0.15) is 17.4 Å². The highest BCUT2D eigenvalue weighted by molar-refractivity contribution is 6.03. The van der Waals surface area contributed by atoms with Crippen molar-refractivity contribution in [3.63, 3.8) is 0 Å². The number of pyridine rings is 1. The molecule has 3 atom stereocenters. The number of rotatable bonds is 4. The summed E-state index contributed by atoms with van der Waals surface area (Å²) in [5.74, 6) is -0.592. The van der Waals surface area contributed by atoms with Crippen LogP contribution in [0.25, 0.3) is 11.0 Å². The van der Waals surface area contributed by atoms with Gasteiger partial charge in [0.05, 0.1) is 37.4 Å². The Kier molecular flexibility index (Phi) is 6.07. The van der Waals surface area contributed by atoms with Crippen LogP contribution in [0.15, 0.2) is 24.5 Å². The quantitative estimate of drug-likeness (QED) is 0.661. The van der Waals surface area contributed by atoms with Crippen LogP contribution in [0.2, 0.25) is 0 Å². The van der Waals surface area contributed by atoms with Gasteiger partial charge in [0.25, 0.3) is 6.43 Å². The zero-order valence-electron chi connectivity index (χ0n) is 18.3. The maximum absolute atomic E-state index is 13.0. The van der Waals surface area contributed by atoms with Crippen LogP contribution in [-0.2, 0) is 20.8 Å². The molecule has 1 amide bonds. The van der Waals surface area contributed by atoms with Gasteiger partial charge < -0.3 is 18.8 Å². The van der Waals surface area contributed by atoms with E-state index in [4.69, 9.17) is 14.2 Å². The maximum atomic E-state index is 13.0. The van der Waals surface area contributed by atoms with E-state index in [0.717, 1.165) is 0 Å². The van der Waals surface area contributed by atoms with E-state index in [9.17, 15) is 18.4 Å². The number of nitrogens with zero attached hydrogens (tertiary/aromatic N) is 3. The molecule has 2 bridgehead atoms. The Morgan fingerprint density at radius 1 is 1.25 bits per heavy atom. The van der Waals surface area contributed by atoms with Gasteiger partial charge in [0.15, 0.2) is 0 Å². The van der Waals surface area contributed by atoms with Gasteiger partial charge in [-0.1, -0.05) is 0 Å². The van der Waals surface area contributed by atoms with Crippen LogP contribution in [0.1, 0.15) is 44.0 Å². The van der Waals surface area contributed by atoms with E-state index in [-0.39, 0.29) is 17.6 Å². The number of hydrogen-bond acceptors (Lipinski definition) is 6. The Balaban J connectivity index is 1.49. The van der Waals surface area contributed by atoms with Crippen molar-refractivity contribution in [3.8, 4) is 0 Å². The number of alkyl halides is 2. The van der Waals surface area contributed by atoms with E-state index >= 15 is 0 Å². The summed E-state index contributed by atoms with van der Waals surface area (Å²) in [7, 11) is 0. The van der Waals surface area contributed by atoms with Gasteiger partial charge in [-0.15, -0.1) is 0 Å². The number of ether oxygens (including phenoxy) is 3. The van der Waals surface area contributed by atoms with Gasteiger partial charge in [0, 0.05) is 30.6 Å². The lowest BCUT2D eigenvalue weighted by Gasteiger charge is -2.47. The summed E-state index contributed by atoms with van der Waals surface area (Å²) in [5.41, 5.74) is -0.106. The first kappa shape index (κ1) is 22.4. The Morgan fingerprint density at radius 2 is 1.94 bits per heavy atom. The highest BCUT2D eigenvalue weighted by atomic mass is 19.3. The molecule has 1 unspecified atom stereocenters. The summed E-state index contributed by atoms with van der Waals surface area (Å²) in [6.07, 6.45) is 0.281. The molecule has 4 heterocycles. The topological polar surface area (TPSA) is 82.9 Å². The monoisotopic (exact) mass is 451 g/mol. The molecule has 4 rings (SSSR count). The minimum Gasteiger partial charge on any atom is -0.459 e. The molecule has 0 saturated carbocycles. The molecule has 8 nitrogen and oxygen atoms in total. The molecule has 2 fully saturated rings. The van der Waals surface area contributed by atoms with Crippen molar-refractivity contribution in [3.05, 3.63) is 30.1 Å². The molecule has 0 radical (unpaired) electrons. The lowest BCUT2D eigenvalue weighted by molar-refractivity contribution is -0.106. The van der Waals surface area contributed by atoms with E-state index in [2.05, 4.69) is 4.98 Å². The average molecular weight is 451 g/mol. The van der Waals surface area contributed by atoms with Gasteiger partial charge in [-0.2, -0.15) is 0 Å². The summed E-state index contributed by atoms with van der Waals surface area (Å²) in [6, 6.07) is 2.77. The van der Waals surface area contributed by atoms with Crippen molar-refractivity contribution in [2.45, 2.75) is 70.4 Å². The van der Waals surface area contributed by atoms with Crippen LogP contribution in [0.4, 0.5) is 13.6 Å². The molecule has 0 aromatic carbocycles. The number of aromatic nitrogens is 2. The third-order valence-corrected chi connectivity index (χ3v) is 5.54. The number of piperidine rings is 1. The standard InChI is InChI=1S/C22H27F2N3O5/c1-22(2,3)32-21(29)27-13-7-15(8-14(27)12-30-11-13)31-20(28)17-9-26(10-18(23)24)19-16(17)5-4-6-25-19/h4-6,9,13-15,18H,7-8,10-12H2,1-3H3/t13-,14+,15?. The van der Waals surface area contributed by atoms with Crippen LogP contribution < -0.4 is 0 Å². The van der Waals surface area contributed by atoms with Crippen LogP contribution in [0.3, 0.4) is 0 Å². The van der Waals surface area contributed by atoms with Crippen molar-refractivity contribution in [1.29, 1.82) is 0 Å². The van der Waals surface area contributed by atoms with Crippen molar-refractivity contribution in [2.75, 3.05) is 13.2 Å². The van der Waals surface area contributed by atoms with Crippen molar-refractivity contribution >= 4 is 23.1 Å². The molecule has 2 aromatic heterocycles. The molecular weight excluding hydrogens is 424 g/mol. The minimum absolute atomic E-state index is 0.199. The Morgan fingerprint density at radius 3 is 2.56 bits per heavy atom. The largest absolute Gasteiger partial charge is 0.459 e. The average Bonchev–Trinajstić information content (AvgIpc) is 3.04. The number of esters is 1. The molecule has 2 aromatic rings. The lowest BCUT2D eigenvalue weighted by Crippen LogP contribution is -2.61. The number of morpholine rings is 1. The zero-order chi connectivity index (χ0) is 23.0. The first-order valence-corrected chi connectivity index (χ1v) is 10.6.